The highest BCUT2D eigenvalue weighted by Gasteiger charge is 2.15. The lowest BCUT2D eigenvalue weighted by molar-refractivity contribution is 0.0523. The number of rotatable bonds is 3. The molecule has 0 aliphatic carbocycles. The minimum Gasteiger partial charge on any atom is -0.444 e. The van der Waals surface area contributed by atoms with Gasteiger partial charge in [-0.05, 0) is 44.5 Å². The van der Waals surface area contributed by atoms with Crippen LogP contribution in [-0.4, -0.2) is 16.7 Å². The van der Waals surface area contributed by atoms with Gasteiger partial charge in [0.05, 0.1) is 5.69 Å². The second-order valence-electron chi connectivity index (χ2n) is 6.03. The maximum Gasteiger partial charge on any atom is 0.407 e. The minimum absolute atomic E-state index is 0.374. The first-order valence-electron chi connectivity index (χ1n) is 7.11. The first kappa shape index (κ1) is 15.8. The SMILES string of the molecule is CC(C)(C)OC(=O)NCc1ccc(-c2cccc(N)c2)nc1. The molecule has 5 heteroatoms. The average molecular weight is 299 g/mol. The topological polar surface area (TPSA) is 77.2 Å². The van der Waals surface area contributed by atoms with E-state index in [1.807, 2.05) is 57.2 Å². The smallest absolute Gasteiger partial charge is 0.407 e. The molecule has 5 nitrogen and oxygen atoms in total. The molecular weight excluding hydrogens is 278 g/mol. The second-order valence-corrected chi connectivity index (χ2v) is 6.03. The van der Waals surface area contributed by atoms with Crippen LogP contribution in [0.4, 0.5) is 10.5 Å². The van der Waals surface area contributed by atoms with Crippen LogP contribution in [0.1, 0.15) is 26.3 Å². The molecule has 1 amide bonds. The Hall–Kier alpha value is -2.56. The summed E-state index contributed by atoms with van der Waals surface area (Å²) in [6.07, 6.45) is 1.29. The Morgan fingerprint density at radius 3 is 2.64 bits per heavy atom. The first-order valence-corrected chi connectivity index (χ1v) is 7.11. The summed E-state index contributed by atoms with van der Waals surface area (Å²) in [6.45, 7) is 5.86. The number of ether oxygens (including phenoxy) is 1. The van der Waals surface area contributed by atoms with Crippen LogP contribution in [0, 0.1) is 0 Å². The lowest BCUT2D eigenvalue weighted by atomic mass is 10.1. The van der Waals surface area contributed by atoms with Crippen molar-refractivity contribution in [1.82, 2.24) is 10.3 Å². The van der Waals surface area contributed by atoms with Gasteiger partial charge in [0, 0.05) is 24.0 Å². The third kappa shape index (κ3) is 4.77. The molecule has 116 valence electrons. The van der Waals surface area contributed by atoms with Crippen molar-refractivity contribution < 1.29 is 9.53 Å². The van der Waals surface area contributed by atoms with Gasteiger partial charge in [-0.1, -0.05) is 18.2 Å². The van der Waals surface area contributed by atoms with Crippen LogP contribution in [-0.2, 0) is 11.3 Å². The molecule has 1 aromatic carbocycles. The standard InChI is InChI=1S/C17H21N3O2/c1-17(2,3)22-16(21)20-11-12-7-8-15(19-10-12)13-5-4-6-14(18)9-13/h4-10H,11,18H2,1-3H3,(H,20,21). The van der Waals surface area contributed by atoms with E-state index in [9.17, 15) is 4.79 Å². The number of anilines is 1. The van der Waals surface area contributed by atoms with E-state index in [2.05, 4.69) is 10.3 Å². The largest absolute Gasteiger partial charge is 0.444 e. The van der Waals surface area contributed by atoms with Crippen LogP contribution < -0.4 is 11.1 Å². The van der Waals surface area contributed by atoms with Crippen LogP contribution in [0.5, 0.6) is 0 Å². The van der Waals surface area contributed by atoms with Gasteiger partial charge in [0.1, 0.15) is 5.60 Å². The van der Waals surface area contributed by atoms with Crippen molar-refractivity contribution in [1.29, 1.82) is 0 Å². The zero-order valence-electron chi connectivity index (χ0n) is 13.1. The van der Waals surface area contributed by atoms with Crippen LogP contribution in [0.25, 0.3) is 11.3 Å². The lowest BCUT2D eigenvalue weighted by Crippen LogP contribution is -2.32. The Balaban J connectivity index is 1.96. The summed E-state index contributed by atoms with van der Waals surface area (Å²) in [4.78, 5) is 16.0. The molecule has 0 unspecified atom stereocenters. The van der Waals surface area contributed by atoms with Gasteiger partial charge in [0.2, 0.25) is 0 Å². The number of nitrogens with one attached hydrogen (secondary N) is 1. The van der Waals surface area contributed by atoms with Crippen molar-refractivity contribution in [2.45, 2.75) is 32.9 Å². The average Bonchev–Trinajstić information content (AvgIpc) is 2.44. The number of hydrogen-bond donors (Lipinski definition) is 2. The van der Waals surface area contributed by atoms with Crippen molar-refractivity contribution in [2.75, 3.05) is 5.73 Å². The fourth-order valence-corrected chi connectivity index (χ4v) is 1.89. The molecule has 0 fully saturated rings. The number of nitrogen functional groups attached to an aromatic ring is 1. The summed E-state index contributed by atoms with van der Waals surface area (Å²) in [5.74, 6) is 0. The van der Waals surface area contributed by atoms with E-state index < -0.39 is 11.7 Å². The summed E-state index contributed by atoms with van der Waals surface area (Å²) < 4.78 is 5.18. The van der Waals surface area contributed by atoms with Crippen LogP contribution in [0.2, 0.25) is 0 Å². The van der Waals surface area contributed by atoms with Gasteiger partial charge in [-0.15, -0.1) is 0 Å². The maximum absolute atomic E-state index is 11.6. The van der Waals surface area contributed by atoms with E-state index in [1.165, 1.54) is 0 Å². The number of alkyl carbamates (subject to hydrolysis) is 1. The molecule has 0 saturated carbocycles. The molecule has 1 aromatic heterocycles. The van der Waals surface area contributed by atoms with Crippen molar-refractivity contribution in [3.63, 3.8) is 0 Å². The van der Waals surface area contributed by atoms with Gasteiger partial charge >= 0.3 is 6.09 Å². The number of carbonyl (C=O) groups excluding carboxylic acids is 1. The van der Waals surface area contributed by atoms with E-state index in [0.29, 0.717) is 12.2 Å². The summed E-state index contributed by atoms with van der Waals surface area (Å²) >= 11 is 0. The molecule has 2 aromatic rings. The number of nitrogens with two attached hydrogens (primary N) is 1. The lowest BCUT2D eigenvalue weighted by Gasteiger charge is -2.19. The van der Waals surface area contributed by atoms with Gasteiger partial charge in [0.15, 0.2) is 0 Å². The Morgan fingerprint density at radius 2 is 2.05 bits per heavy atom. The van der Waals surface area contributed by atoms with E-state index in [1.54, 1.807) is 6.20 Å². The Labute approximate surface area is 130 Å². The third-order valence-corrected chi connectivity index (χ3v) is 2.84. The fourth-order valence-electron chi connectivity index (χ4n) is 1.89. The zero-order valence-corrected chi connectivity index (χ0v) is 13.1. The number of amides is 1. The molecule has 0 spiro atoms. The molecule has 0 atom stereocenters. The number of aromatic nitrogens is 1. The van der Waals surface area contributed by atoms with Crippen LogP contribution in [0.3, 0.4) is 0 Å². The van der Waals surface area contributed by atoms with Crippen LogP contribution >= 0.6 is 0 Å². The van der Waals surface area contributed by atoms with Gasteiger partial charge < -0.3 is 15.8 Å². The fraction of sp³-hybridized carbons (Fsp3) is 0.294. The molecule has 0 radical (unpaired) electrons. The molecule has 3 N–H and O–H groups in total. The van der Waals surface area contributed by atoms with Gasteiger partial charge in [-0.2, -0.15) is 0 Å². The number of carbonyl (C=O) groups is 1. The van der Waals surface area contributed by atoms with Crippen molar-refractivity contribution >= 4 is 11.8 Å². The zero-order chi connectivity index (χ0) is 16.2. The van der Waals surface area contributed by atoms with Crippen molar-refractivity contribution in [3.8, 4) is 11.3 Å². The number of pyridine rings is 1. The van der Waals surface area contributed by atoms with E-state index in [0.717, 1.165) is 16.8 Å². The normalized spacial score (nSPS) is 11.0. The molecule has 0 aliphatic heterocycles. The molecular formula is C17H21N3O2. The van der Waals surface area contributed by atoms with Crippen molar-refractivity contribution in [3.05, 3.63) is 48.2 Å². The third-order valence-electron chi connectivity index (χ3n) is 2.84. The molecule has 0 saturated heterocycles. The molecule has 1 heterocycles. The van der Waals surface area contributed by atoms with Crippen molar-refractivity contribution in [2.24, 2.45) is 0 Å². The molecule has 0 bridgehead atoms. The number of benzene rings is 1. The summed E-state index contributed by atoms with van der Waals surface area (Å²) in [7, 11) is 0. The Morgan fingerprint density at radius 1 is 1.27 bits per heavy atom. The molecule has 2 rings (SSSR count). The van der Waals surface area contributed by atoms with Gasteiger partial charge in [0.25, 0.3) is 0 Å². The molecule has 22 heavy (non-hydrogen) atoms. The molecule has 0 aliphatic rings. The number of nitrogens with zero attached hydrogens (tertiary/aromatic N) is 1. The highest BCUT2D eigenvalue weighted by molar-refractivity contribution is 5.68. The van der Waals surface area contributed by atoms with E-state index in [-0.39, 0.29) is 0 Å². The predicted octanol–water partition coefficient (Wildman–Crippen LogP) is 3.36. The summed E-state index contributed by atoms with van der Waals surface area (Å²) in [5, 5.41) is 2.70. The first-order chi connectivity index (χ1) is 10.3. The van der Waals surface area contributed by atoms with E-state index >= 15 is 0 Å². The van der Waals surface area contributed by atoms with Crippen LogP contribution in [0.15, 0.2) is 42.6 Å². The monoisotopic (exact) mass is 299 g/mol. The Kier molecular flexibility index (Phi) is 4.65. The highest BCUT2D eigenvalue weighted by atomic mass is 16.6. The van der Waals surface area contributed by atoms with E-state index in [4.69, 9.17) is 10.5 Å². The maximum atomic E-state index is 11.6. The quantitative estimate of drug-likeness (QED) is 0.852. The second kappa shape index (κ2) is 6.47. The minimum atomic E-state index is -0.501. The predicted molar refractivity (Wildman–Crippen MR) is 87.2 cm³/mol. The highest BCUT2D eigenvalue weighted by Crippen LogP contribution is 2.19. The van der Waals surface area contributed by atoms with Gasteiger partial charge in [-0.25, -0.2) is 4.79 Å². The number of hydrogen-bond acceptors (Lipinski definition) is 4. The summed E-state index contributed by atoms with van der Waals surface area (Å²) in [5.41, 5.74) is 8.68. The van der Waals surface area contributed by atoms with Gasteiger partial charge in [-0.3, -0.25) is 4.98 Å². The summed E-state index contributed by atoms with van der Waals surface area (Å²) in [6, 6.07) is 11.4. The Bertz CT molecular complexity index is 646.